The van der Waals surface area contributed by atoms with Crippen LogP contribution in [0.2, 0.25) is 0 Å². The molecule has 0 aliphatic heterocycles. The highest BCUT2D eigenvalue weighted by atomic mass is 16.6. The molecule has 23 heavy (non-hydrogen) atoms. The maximum atomic E-state index is 11.2. The van der Waals surface area contributed by atoms with Gasteiger partial charge in [-0.3, -0.25) is 19.2 Å². The van der Waals surface area contributed by atoms with Crippen molar-refractivity contribution in [2.24, 2.45) is 0 Å². The Hall–Kier alpha value is -2.90. The van der Waals surface area contributed by atoms with E-state index in [-0.39, 0.29) is 29.4 Å². The predicted molar refractivity (Wildman–Crippen MR) is 75.8 cm³/mol. The molecule has 0 aromatic heterocycles. The van der Waals surface area contributed by atoms with E-state index in [4.69, 9.17) is 18.9 Å². The second-order valence-electron chi connectivity index (χ2n) is 4.47. The number of benzene rings is 1. The van der Waals surface area contributed by atoms with E-state index in [1.165, 1.54) is 26.0 Å². The fourth-order valence-corrected chi connectivity index (χ4v) is 1.63. The Morgan fingerprint density at radius 2 is 1.35 bits per heavy atom. The smallest absolute Gasteiger partial charge is 0.308 e. The van der Waals surface area contributed by atoms with Gasteiger partial charge in [-0.25, -0.2) is 0 Å². The van der Waals surface area contributed by atoms with E-state index in [1.54, 1.807) is 0 Å². The Bertz CT molecular complexity index is 647. The Balaban J connectivity index is 3.37. The van der Waals surface area contributed by atoms with Gasteiger partial charge in [-0.2, -0.15) is 0 Å². The number of rotatable bonds is 5. The van der Waals surface area contributed by atoms with Crippen molar-refractivity contribution in [3.63, 3.8) is 0 Å². The molecule has 8 nitrogen and oxygen atoms in total. The summed E-state index contributed by atoms with van der Waals surface area (Å²) in [6.07, 6.45) is 0. The molecule has 124 valence electrons. The molecule has 0 saturated heterocycles. The van der Waals surface area contributed by atoms with Crippen LogP contribution in [0.1, 0.15) is 33.3 Å². The van der Waals surface area contributed by atoms with Gasteiger partial charge in [0.1, 0.15) is 12.4 Å². The highest BCUT2D eigenvalue weighted by molar-refractivity contribution is 5.76. The first-order chi connectivity index (χ1) is 10.7. The van der Waals surface area contributed by atoms with E-state index in [2.05, 4.69) is 0 Å². The first kappa shape index (κ1) is 18.1. The van der Waals surface area contributed by atoms with Gasteiger partial charge >= 0.3 is 23.9 Å². The lowest BCUT2D eigenvalue weighted by Crippen LogP contribution is -2.11. The molecule has 0 aliphatic carbocycles. The molecule has 0 atom stereocenters. The van der Waals surface area contributed by atoms with Crippen molar-refractivity contribution in [3.05, 3.63) is 17.7 Å². The summed E-state index contributed by atoms with van der Waals surface area (Å²) in [5.74, 6) is -2.67. The van der Waals surface area contributed by atoms with Gasteiger partial charge in [0.05, 0.1) is 0 Å². The fraction of sp³-hybridized carbons (Fsp3) is 0.333. The largest absolute Gasteiger partial charge is 0.461 e. The van der Waals surface area contributed by atoms with Crippen LogP contribution in [-0.4, -0.2) is 23.9 Å². The molecule has 0 spiro atoms. The van der Waals surface area contributed by atoms with Gasteiger partial charge in [-0.05, 0) is 6.07 Å². The second kappa shape index (κ2) is 7.92. The first-order valence-electron chi connectivity index (χ1n) is 6.54. The minimum Gasteiger partial charge on any atom is -0.461 e. The van der Waals surface area contributed by atoms with E-state index in [9.17, 15) is 19.2 Å². The molecule has 0 unspecified atom stereocenters. The van der Waals surface area contributed by atoms with Gasteiger partial charge in [-0.15, -0.1) is 0 Å². The summed E-state index contributed by atoms with van der Waals surface area (Å²) < 4.78 is 19.8. The van der Waals surface area contributed by atoms with Gasteiger partial charge in [0.25, 0.3) is 0 Å². The molecule has 0 radical (unpaired) electrons. The molecule has 0 amide bonds. The quantitative estimate of drug-likeness (QED) is 0.593. The van der Waals surface area contributed by atoms with Gasteiger partial charge in [-0.1, -0.05) is 0 Å². The zero-order chi connectivity index (χ0) is 17.6. The van der Waals surface area contributed by atoms with Crippen LogP contribution in [0.3, 0.4) is 0 Å². The predicted octanol–water partition coefficient (Wildman–Crippen LogP) is 1.53. The van der Waals surface area contributed by atoms with Crippen LogP contribution in [0, 0.1) is 0 Å². The number of carbonyl (C=O) groups is 4. The third-order valence-corrected chi connectivity index (χ3v) is 2.30. The molecule has 0 aliphatic rings. The van der Waals surface area contributed by atoms with Crippen molar-refractivity contribution in [2.45, 2.75) is 34.3 Å². The third kappa shape index (κ3) is 6.16. The first-order valence-corrected chi connectivity index (χ1v) is 6.54. The fourth-order valence-electron chi connectivity index (χ4n) is 1.63. The van der Waals surface area contributed by atoms with Crippen molar-refractivity contribution >= 4 is 23.9 Å². The molecule has 0 bridgehead atoms. The second-order valence-corrected chi connectivity index (χ2v) is 4.47. The van der Waals surface area contributed by atoms with Crippen molar-refractivity contribution in [2.75, 3.05) is 0 Å². The molecule has 1 rings (SSSR count). The molecule has 1 aromatic carbocycles. The molecule has 0 fully saturated rings. The lowest BCUT2D eigenvalue weighted by Gasteiger charge is -2.15. The molecule has 0 saturated carbocycles. The van der Waals surface area contributed by atoms with Crippen molar-refractivity contribution in [1.29, 1.82) is 0 Å². The molecular weight excluding hydrogens is 308 g/mol. The van der Waals surface area contributed by atoms with Gasteiger partial charge < -0.3 is 18.9 Å². The number of hydrogen-bond donors (Lipinski definition) is 0. The van der Waals surface area contributed by atoms with Crippen LogP contribution >= 0.6 is 0 Å². The summed E-state index contributed by atoms with van der Waals surface area (Å²) in [6.45, 7) is 4.45. The lowest BCUT2D eigenvalue weighted by molar-refractivity contribution is -0.142. The number of esters is 4. The lowest BCUT2D eigenvalue weighted by atomic mass is 10.1. The van der Waals surface area contributed by atoms with Crippen LogP contribution in [0.4, 0.5) is 0 Å². The van der Waals surface area contributed by atoms with Crippen LogP contribution in [-0.2, 0) is 30.5 Å². The van der Waals surface area contributed by atoms with Crippen molar-refractivity contribution in [3.8, 4) is 17.2 Å². The normalized spacial score (nSPS) is 9.74. The van der Waals surface area contributed by atoms with Crippen LogP contribution in [0.5, 0.6) is 17.2 Å². The monoisotopic (exact) mass is 324 g/mol. The minimum absolute atomic E-state index is 0.0480. The molecule has 8 heteroatoms. The van der Waals surface area contributed by atoms with Crippen LogP contribution < -0.4 is 14.2 Å². The van der Waals surface area contributed by atoms with Gasteiger partial charge in [0.2, 0.25) is 0 Å². The highest BCUT2D eigenvalue weighted by Crippen LogP contribution is 2.37. The Labute approximate surface area is 132 Å². The standard InChI is InChI=1S/C15H16O8/c1-8(16)20-7-12-5-13(21-9(2)17)6-14(22-10(3)18)15(12)23-11(4)19/h5-6H,7H2,1-4H3. The summed E-state index contributed by atoms with van der Waals surface area (Å²) in [7, 11) is 0. The van der Waals surface area contributed by atoms with Gasteiger partial charge in [0.15, 0.2) is 11.5 Å². The van der Waals surface area contributed by atoms with Crippen LogP contribution in [0.15, 0.2) is 12.1 Å². The van der Waals surface area contributed by atoms with E-state index in [1.807, 2.05) is 0 Å². The van der Waals surface area contributed by atoms with Crippen LogP contribution in [0.25, 0.3) is 0 Å². The van der Waals surface area contributed by atoms with E-state index < -0.39 is 23.9 Å². The summed E-state index contributed by atoms with van der Waals surface area (Å²) in [5, 5.41) is 0. The maximum absolute atomic E-state index is 11.2. The van der Waals surface area contributed by atoms with E-state index in [0.717, 1.165) is 13.8 Å². The van der Waals surface area contributed by atoms with Crippen molar-refractivity contribution in [1.82, 2.24) is 0 Å². The zero-order valence-electron chi connectivity index (χ0n) is 13.1. The van der Waals surface area contributed by atoms with E-state index in [0.29, 0.717) is 0 Å². The Morgan fingerprint density at radius 1 is 0.783 bits per heavy atom. The molecular formula is C15H16O8. The van der Waals surface area contributed by atoms with Crippen molar-refractivity contribution < 1.29 is 38.1 Å². The van der Waals surface area contributed by atoms with E-state index >= 15 is 0 Å². The Morgan fingerprint density at radius 3 is 1.83 bits per heavy atom. The Kier molecular flexibility index (Phi) is 6.25. The third-order valence-electron chi connectivity index (χ3n) is 2.30. The summed E-state index contributed by atoms with van der Waals surface area (Å²) >= 11 is 0. The molecule has 0 heterocycles. The summed E-state index contributed by atoms with van der Waals surface area (Å²) in [6, 6.07) is 2.56. The topological polar surface area (TPSA) is 105 Å². The highest BCUT2D eigenvalue weighted by Gasteiger charge is 2.19. The SMILES string of the molecule is CC(=O)OCc1cc(OC(C)=O)cc(OC(C)=O)c1OC(C)=O. The zero-order valence-corrected chi connectivity index (χ0v) is 13.1. The number of carbonyl (C=O) groups excluding carboxylic acids is 4. The van der Waals surface area contributed by atoms with Gasteiger partial charge in [0, 0.05) is 39.3 Å². The summed E-state index contributed by atoms with van der Waals surface area (Å²) in [4.78, 5) is 44.5. The molecule has 0 N–H and O–H groups in total. The number of hydrogen-bond acceptors (Lipinski definition) is 8. The maximum Gasteiger partial charge on any atom is 0.308 e. The average Bonchev–Trinajstić information content (AvgIpc) is 2.37. The average molecular weight is 324 g/mol. The summed E-state index contributed by atoms with van der Waals surface area (Å²) in [5.41, 5.74) is 0.199. The number of ether oxygens (including phenoxy) is 4. The minimum atomic E-state index is -0.670. The molecule has 1 aromatic rings.